The van der Waals surface area contributed by atoms with Gasteiger partial charge in [0.05, 0.1) is 6.42 Å². The maximum absolute atomic E-state index is 13.7. The highest BCUT2D eigenvalue weighted by molar-refractivity contribution is 6.31. The summed E-state index contributed by atoms with van der Waals surface area (Å²) in [5.41, 5.74) is 7.10. The fourth-order valence-corrected chi connectivity index (χ4v) is 2.15. The molecule has 0 fully saturated rings. The van der Waals surface area contributed by atoms with E-state index in [-0.39, 0.29) is 18.8 Å². The second kappa shape index (κ2) is 6.39. The Labute approximate surface area is 121 Å². The third-order valence-electron chi connectivity index (χ3n) is 2.90. The van der Waals surface area contributed by atoms with Crippen molar-refractivity contribution in [2.45, 2.75) is 13.0 Å². The molecule has 2 aromatic rings. The molecule has 1 amide bonds. The SMILES string of the molecule is NC(=O)Cc1ccccc1NCc1c(F)cccc1Cl. The summed E-state index contributed by atoms with van der Waals surface area (Å²) in [5.74, 6) is -0.777. The van der Waals surface area contributed by atoms with E-state index in [2.05, 4.69) is 5.32 Å². The second-order valence-corrected chi connectivity index (χ2v) is 4.76. The van der Waals surface area contributed by atoms with E-state index < -0.39 is 5.91 Å². The monoisotopic (exact) mass is 292 g/mol. The van der Waals surface area contributed by atoms with Crippen LogP contribution in [0.4, 0.5) is 10.1 Å². The predicted molar refractivity (Wildman–Crippen MR) is 78.1 cm³/mol. The zero-order chi connectivity index (χ0) is 14.5. The number of para-hydroxylation sites is 1. The van der Waals surface area contributed by atoms with Crippen LogP contribution in [0.2, 0.25) is 5.02 Å². The van der Waals surface area contributed by atoms with Crippen LogP contribution in [0.5, 0.6) is 0 Å². The van der Waals surface area contributed by atoms with E-state index in [1.807, 2.05) is 18.2 Å². The number of hydrogen-bond donors (Lipinski definition) is 2. The molecular formula is C15H14ClFN2O. The lowest BCUT2D eigenvalue weighted by molar-refractivity contribution is -0.117. The Balaban J connectivity index is 2.17. The lowest BCUT2D eigenvalue weighted by atomic mass is 10.1. The fraction of sp³-hybridized carbons (Fsp3) is 0.133. The molecule has 3 N–H and O–H groups in total. The van der Waals surface area contributed by atoms with Gasteiger partial charge in [-0.1, -0.05) is 35.9 Å². The maximum Gasteiger partial charge on any atom is 0.221 e. The molecule has 2 rings (SSSR count). The van der Waals surface area contributed by atoms with Gasteiger partial charge in [-0.2, -0.15) is 0 Å². The third kappa shape index (κ3) is 3.48. The first-order valence-electron chi connectivity index (χ1n) is 6.11. The highest BCUT2D eigenvalue weighted by atomic mass is 35.5. The number of nitrogens with two attached hydrogens (primary N) is 1. The number of anilines is 1. The molecule has 0 atom stereocenters. The van der Waals surface area contributed by atoms with Crippen LogP contribution < -0.4 is 11.1 Å². The molecule has 0 aliphatic rings. The standard InChI is InChI=1S/C15H14ClFN2O/c16-12-5-3-6-13(17)11(12)9-19-14-7-2-1-4-10(14)8-15(18)20/h1-7,19H,8-9H2,(H2,18,20). The first kappa shape index (κ1) is 14.3. The highest BCUT2D eigenvalue weighted by Crippen LogP contribution is 2.22. The first-order chi connectivity index (χ1) is 9.58. The number of halogens is 2. The molecule has 3 nitrogen and oxygen atoms in total. The van der Waals surface area contributed by atoms with Crippen LogP contribution in [0.3, 0.4) is 0 Å². The van der Waals surface area contributed by atoms with Gasteiger partial charge in [0, 0.05) is 22.8 Å². The average molecular weight is 293 g/mol. The lowest BCUT2D eigenvalue weighted by Crippen LogP contribution is -2.15. The van der Waals surface area contributed by atoms with Crippen LogP contribution in [-0.2, 0) is 17.8 Å². The number of amides is 1. The molecule has 0 unspecified atom stereocenters. The van der Waals surface area contributed by atoms with Crippen molar-refractivity contribution in [3.8, 4) is 0 Å². The van der Waals surface area contributed by atoms with E-state index >= 15 is 0 Å². The molecule has 0 aliphatic carbocycles. The largest absolute Gasteiger partial charge is 0.381 e. The van der Waals surface area contributed by atoms with Crippen LogP contribution in [0.15, 0.2) is 42.5 Å². The van der Waals surface area contributed by atoms with E-state index in [1.165, 1.54) is 6.07 Å². The molecule has 0 saturated carbocycles. The number of benzene rings is 2. The number of hydrogen-bond acceptors (Lipinski definition) is 2. The Hall–Kier alpha value is -2.07. The van der Waals surface area contributed by atoms with Gasteiger partial charge in [-0.25, -0.2) is 4.39 Å². The van der Waals surface area contributed by atoms with Gasteiger partial charge in [-0.05, 0) is 23.8 Å². The Kier molecular flexibility index (Phi) is 4.58. The summed E-state index contributed by atoms with van der Waals surface area (Å²) >= 11 is 5.97. The summed E-state index contributed by atoms with van der Waals surface area (Å²) in [6.45, 7) is 0.237. The van der Waals surface area contributed by atoms with Gasteiger partial charge in [-0.15, -0.1) is 0 Å². The molecule has 5 heteroatoms. The zero-order valence-electron chi connectivity index (χ0n) is 10.7. The molecule has 2 aromatic carbocycles. The number of carbonyl (C=O) groups excluding carboxylic acids is 1. The van der Waals surface area contributed by atoms with E-state index in [0.29, 0.717) is 10.6 Å². The number of primary amides is 1. The highest BCUT2D eigenvalue weighted by Gasteiger charge is 2.09. The van der Waals surface area contributed by atoms with Crippen molar-refractivity contribution in [2.24, 2.45) is 5.73 Å². The minimum Gasteiger partial charge on any atom is -0.381 e. The van der Waals surface area contributed by atoms with Gasteiger partial charge in [0.1, 0.15) is 5.82 Å². The van der Waals surface area contributed by atoms with Gasteiger partial charge < -0.3 is 11.1 Å². The minimum absolute atomic E-state index is 0.133. The molecule has 0 saturated heterocycles. The summed E-state index contributed by atoms with van der Waals surface area (Å²) < 4.78 is 13.7. The normalized spacial score (nSPS) is 10.3. The minimum atomic E-state index is -0.414. The van der Waals surface area contributed by atoms with Crippen molar-refractivity contribution < 1.29 is 9.18 Å². The smallest absolute Gasteiger partial charge is 0.221 e. The molecule has 0 aromatic heterocycles. The van der Waals surface area contributed by atoms with Crippen LogP contribution in [0, 0.1) is 5.82 Å². The van der Waals surface area contributed by atoms with E-state index in [9.17, 15) is 9.18 Å². The Morgan fingerprint density at radius 2 is 1.95 bits per heavy atom. The van der Waals surface area contributed by atoms with Crippen LogP contribution in [0.25, 0.3) is 0 Å². The summed E-state index contributed by atoms with van der Waals surface area (Å²) in [6, 6.07) is 11.8. The summed E-state index contributed by atoms with van der Waals surface area (Å²) in [6.07, 6.45) is 0.133. The van der Waals surface area contributed by atoms with Gasteiger partial charge in [0.15, 0.2) is 0 Å². The summed E-state index contributed by atoms with van der Waals surface area (Å²) in [5, 5.41) is 3.45. The van der Waals surface area contributed by atoms with Crippen LogP contribution in [0.1, 0.15) is 11.1 Å². The molecule has 0 radical (unpaired) electrons. The number of rotatable bonds is 5. The van der Waals surface area contributed by atoms with Gasteiger partial charge in [0.2, 0.25) is 5.91 Å². The number of carbonyl (C=O) groups is 1. The van der Waals surface area contributed by atoms with Crippen molar-refractivity contribution in [1.82, 2.24) is 0 Å². The van der Waals surface area contributed by atoms with E-state index in [1.54, 1.807) is 18.2 Å². The van der Waals surface area contributed by atoms with Gasteiger partial charge in [-0.3, -0.25) is 4.79 Å². The summed E-state index contributed by atoms with van der Waals surface area (Å²) in [7, 11) is 0. The predicted octanol–water partition coefficient (Wildman–Crippen LogP) is 3.12. The van der Waals surface area contributed by atoms with E-state index in [4.69, 9.17) is 17.3 Å². The molecular weight excluding hydrogens is 279 g/mol. The van der Waals surface area contributed by atoms with Crippen molar-refractivity contribution in [2.75, 3.05) is 5.32 Å². The quantitative estimate of drug-likeness (QED) is 0.889. The topological polar surface area (TPSA) is 55.1 Å². The van der Waals surface area contributed by atoms with Crippen LogP contribution >= 0.6 is 11.6 Å². The van der Waals surface area contributed by atoms with Gasteiger partial charge >= 0.3 is 0 Å². The molecule has 104 valence electrons. The van der Waals surface area contributed by atoms with Crippen molar-refractivity contribution in [3.63, 3.8) is 0 Å². The molecule has 0 spiro atoms. The van der Waals surface area contributed by atoms with Crippen molar-refractivity contribution in [3.05, 3.63) is 64.4 Å². The zero-order valence-corrected chi connectivity index (χ0v) is 11.5. The Morgan fingerprint density at radius 1 is 1.20 bits per heavy atom. The molecule has 0 bridgehead atoms. The Morgan fingerprint density at radius 3 is 2.65 bits per heavy atom. The average Bonchev–Trinajstić information content (AvgIpc) is 2.39. The van der Waals surface area contributed by atoms with Crippen molar-refractivity contribution in [1.29, 1.82) is 0 Å². The van der Waals surface area contributed by atoms with Crippen LogP contribution in [-0.4, -0.2) is 5.91 Å². The molecule has 20 heavy (non-hydrogen) atoms. The Bertz CT molecular complexity index is 611. The molecule has 0 heterocycles. The first-order valence-corrected chi connectivity index (χ1v) is 6.48. The second-order valence-electron chi connectivity index (χ2n) is 4.35. The van der Waals surface area contributed by atoms with E-state index in [0.717, 1.165) is 11.3 Å². The third-order valence-corrected chi connectivity index (χ3v) is 3.25. The number of nitrogens with one attached hydrogen (secondary N) is 1. The van der Waals surface area contributed by atoms with Gasteiger partial charge in [0.25, 0.3) is 0 Å². The maximum atomic E-state index is 13.7. The lowest BCUT2D eigenvalue weighted by Gasteiger charge is -2.12. The molecule has 0 aliphatic heterocycles. The summed E-state index contributed by atoms with van der Waals surface area (Å²) in [4.78, 5) is 11.0. The van der Waals surface area contributed by atoms with Crippen molar-refractivity contribution >= 4 is 23.2 Å². The fourth-order valence-electron chi connectivity index (χ4n) is 1.92.